The Labute approximate surface area is 120 Å². The number of benzene rings is 1. The van der Waals surface area contributed by atoms with Crippen LogP contribution in [0.1, 0.15) is 6.42 Å². The molecule has 1 amide bonds. The molecular weight excluding hydrogens is 302 g/mol. The van der Waals surface area contributed by atoms with Crippen LogP contribution in [0, 0.1) is 0 Å². The van der Waals surface area contributed by atoms with Crippen molar-refractivity contribution >= 4 is 42.4 Å². The molecule has 106 valence electrons. The zero-order valence-corrected chi connectivity index (χ0v) is 12.2. The van der Waals surface area contributed by atoms with Gasteiger partial charge < -0.3 is 9.47 Å². The summed E-state index contributed by atoms with van der Waals surface area (Å²) >= 11 is 0. The second kappa shape index (κ2) is 4.46. The highest BCUT2D eigenvalue weighted by Gasteiger charge is 2.38. The largest absolute Gasteiger partial charge is 0.334 e. The van der Waals surface area contributed by atoms with E-state index in [1.807, 2.05) is 17.7 Å². The molecule has 1 atom stereocenters. The zero-order chi connectivity index (χ0) is 14.5. The highest BCUT2D eigenvalue weighted by atomic mass is 35.7. The van der Waals surface area contributed by atoms with Gasteiger partial charge in [0, 0.05) is 36.4 Å². The number of hydrogen-bond acceptors (Lipinski definition) is 4. The molecule has 0 aliphatic carbocycles. The normalized spacial score (nSPS) is 20.0. The maximum Gasteiger partial charge on any atom is 0.237 e. The second-order valence-corrected chi connectivity index (χ2v) is 7.74. The summed E-state index contributed by atoms with van der Waals surface area (Å²) in [4.78, 5) is 17.6. The maximum atomic E-state index is 12.0. The van der Waals surface area contributed by atoms with Crippen LogP contribution in [0.5, 0.6) is 0 Å². The average Bonchev–Trinajstić information content (AvgIpc) is 2.93. The first-order chi connectivity index (χ1) is 9.36. The molecule has 1 unspecified atom stereocenters. The van der Waals surface area contributed by atoms with Crippen molar-refractivity contribution in [2.24, 2.45) is 7.05 Å². The first-order valence-corrected chi connectivity index (χ1v) is 8.38. The van der Waals surface area contributed by atoms with Crippen LogP contribution in [0.25, 0.3) is 11.0 Å². The van der Waals surface area contributed by atoms with E-state index in [0.717, 1.165) is 11.0 Å². The molecule has 6 nitrogen and oxygen atoms in total. The van der Waals surface area contributed by atoms with Crippen LogP contribution < -0.4 is 4.90 Å². The monoisotopic (exact) mass is 313 g/mol. The third-order valence-electron chi connectivity index (χ3n) is 3.51. The zero-order valence-electron chi connectivity index (χ0n) is 10.7. The van der Waals surface area contributed by atoms with E-state index in [1.165, 1.54) is 4.90 Å². The molecule has 2 aromatic rings. The van der Waals surface area contributed by atoms with Crippen LogP contribution >= 0.6 is 10.7 Å². The summed E-state index contributed by atoms with van der Waals surface area (Å²) in [5, 5.41) is -0.851. The SMILES string of the molecule is Cn1cnc2cc(N3CC(S(=O)(=O)Cl)CC3=O)ccc21. The Bertz CT molecular complexity index is 799. The number of fused-ring (bicyclic) bond motifs is 1. The summed E-state index contributed by atoms with van der Waals surface area (Å²) in [7, 11) is 3.49. The van der Waals surface area contributed by atoms with Crippen LogP contribution in [0.3, 0.4) is 0 Å². The molecule has 2 heterocycles. The number of aryl methyl sites for hydroxylation is 1. The quantitative estimate of drug-likeness (QED) is 0.782. The number of imidazole rings is 1. The number of hydrogen-bond donors (Lipinski definition) is 0. The van der Waals surface area contributed by atoms with Gasteiger partial charge in [0.05, 0.1) is 17.4 Å². The lowest BCUT2D eigenvalue weighted by Crippen LogP contribution is -2.26. The number of carbonyl (C=O) groups is 1. The van der Waals surface area contributed by atoms with Gasteiger partial charge >= 0.3 is 0 Å². The lowest BCUT2D eigenvalue weighted by molar-refractivity contribution is -0.117. The van der Waals surface area contributed by atoms with Gasteiger partial charge in [-0.1, -0.05) is 0 Å². The molecule has 0 saturated carbocycles. The molecule has 0 radical (unpaired) electrons. The molecule has 0 bridgehead atoms. The maximum absolute atomic E-state index is 12.0. The average molecular weight is 314 g/mol. The highest BCUT2D eigenvalue weighted by molar-refractivity contribution is 8.14. The van der Waals surface area contributed by atoms with E-state index in [9.17, 15) is 13.2 Å². The molecule has 0 spiro atoms. The minimum absolute atomic E-state index is 0.0773. The van der Waals surface area contributed by atoms with Crippen LogP contribution in [0.4, 0.5) is 5.69 Å². The van der Waals surface area contributed by atoms with E-state index in [4.69, 9.17) is 10.7 Å². The Morgan fingerprint density at radius 2 is 2.15 bits per heavy atom. The molecule has 1 aliphatic rings. The van der Waals surface area contributed by atoms with Crippen LogP contribution in [0.15, 0.2) is 24.5 Å². The smallest absolute Gasteiger partial charge is 0.237 e. The van der Waals surface area contributed by atoms with Gasteiger partial charge in [0.25, 0.3) is 0 Å². The predicted molar refractivity (Wildman–Crippen MR) is 76.2 cm³/mol. The number of carbonyl (C=O) groups excluding carboxylic acids is 1. The van der Waals surface area contributed by atoms with Crippen molar-refractivity contribution in [2.75, 3.05) is 11.4 Å². The molecule has 3 rings (SSSR count). The summed E-state index contributed by atoms with van der Waals surface area (Å²) in [5.74, 6) is -0.241. The summed E-state index contributed by atoms with van der Waals surface area (Å²) in [5.41, 5.74) is 2.35. The van der Waals surface area contributed by atoms with Crippen LogP contribution in [-0.4, -0.2) is 35.7 Å². The molecular formula is C12H12ClN3O3S. The van der Waals surface area contributed by atoms with Crippen LogP contribution in [0.2, 0.25) is 0 Å². The number of halogens is 1. The summed E-state index contributed by atoms with van der Waals surface area (Å²) in [6, 6.07) is 5.41. The minimum atomic E-state index is -3.72. The Balaban J connectivity index is 1.97. The van der Waals surface area contributed by atoms with E-state index in [2.05, 4.69) is 4.98 Å². The number of rotatable bonds is 2. The second-order valence-electron chi connectivity index (χ2n) is 4.83. The molecule has 1 fully saturated rings. The van der Waals surface area contributed by atoms with Gasteiger partial charge in [-0.05, 0) is 18.2 Å². The first kappa shape index (κ1) is 13.4. The lowest BCUT2D eigenvalue weighted by Gasteiger charge is -2.16. The Morgan fingerprint density at radius 1 is 1.40 bits per heavy atom. The van der Waals surface area contributed by atoms with Gasteiger partial charge in [0.1, 0.15) is 5.25 Å². The molecule has 1 aliphatic heterocycles. The van der Waals surface area contributed by atoms with Gasteiger partial charge in [0.15, 0.2) is 0 Å². The summed E-state index contributed by atoms with van der Waals surface area (Å²) < 4.78 is 24.6. The Kier molecular flexibility index (Phi) is 2.98. The van der Waals surface area contributed by atoms with E-state index >= 15 is 0 Å². The molecule has 1 saturated heterocycles. The van der Waals surface area contributed by atoms with Crippen molar-refractivity contribution in [3.05, 3.63) is 24.5 Å². The van der Waals surface area contributed by atoms with Crippen LogP contribution in [-0.2, 0) is 20.9 Å². The van der Waals surface area contributed by atoms with E-state index in [1.54, 1.807) is 18.5 Å². The fourth-order valence-corrected chi connectivity index (χ4v) is 3.43. The van der Waals surface area contributed by atoms with Crippen molar-refractivity contribution in [1.29, 1.82) is 0 Å². The molecule has 0 N–H and O–H groups in total. The number of amides is 1. The lowest BCUT2D eigenvalue weighted by atomic mass is 10.2. The van der Waals surface area contributed by atoms with Crippen molar-refractivity contribution in [1.82, 2.24) is 9.55 Å². The van der Waals surface area contributed by atoms with E-state index in [-0.39, 0.29) is 18.9 Å². The molecule has 1 aromatic heterocycles. The summed E-state index contributed by atoms with van der Waals surface area (Å²) in [6.07, 6.45) is 1.61. The fraction of sp³-hybridized carbons (Fsp3) is 0.333. The van der Waals surface area contributed by atoms with Crippen molar-refractivity contribution < 1.29 is 13.2 Å². The molecule has 1 aromatic carbocycles. The number of anilines is 1. The third-order valence-corrected chi connectivity index (χ3v) is 5.38. The Morgan fingerprint density at radius 3 is 2.80 bits per heavy atom. The highest BCUT2D eigenvalue weighted by Crippen LogP contribution is 2.28. The van der Waals surface area contributed by atoms with Crippen molar-refractivity contribution in [2.45, 2.75) is 11.7 Å². The standard InChI is InChI=1S/C12H12ClN3O3S/c1-15-7-14-10-4-8(2-3-11(10)15)16-6-9(5-12(16)17)20(13,18)19/h2-4,7,9H,5-6H2,1H3. The predicted octanol–water partition coefficient (Wildman–Crippen LogP) is 1.25. The minimum Gasteiger partial charge on any atom is -0.334 e. The molecule has 8 heteroatoms. The van der Waals surface area contributed by atoms with E-state index in [0.29, 0.717) is 5.69 Å². The van der Waals surface area contributed by atoms with Crippen molar-refractivity contribution in [3.63, 3.8) is 0 Å². The van der Waals surface area contributed by atoms with Gasteiger partial charge in [-0.15, -0.1) is 0 Å². The third kappa shape index (κ3) is 2.16. The topological polar surface area (TPSA) is 72.3 Å². The van der Waals surface area contributed by atoms with Gasteiger partial charge in [-0.25, -0.2) is 13.4 Å². The fourth-order valence-electron chi connectivity index (χ4n) is 2.41. The van der Waals surface area contributed by atoms with Gasteiger partial charge in [0.2, 0.25) is 15.0 Å². The number of nitrogens with zero attached hydrogens (tertiary/aromatic N) is 3. The first-order valence-electron chi connectivity index (χ1n) is 6.01. The number of aromatic nitrogens is 2. The van der Waals surface area contributed by atoms with E-state index < -0.39 is 14.3 Å². The summed E-state index contributed by atoms with van der Waals surface area (Å²) in [6.45, 7) is 0.0863. The Hall–Kier alpha value is -1.60. The van der Waals surface area contributed by atoms with Crippen molar-refractivity contribution in [3.8, 4) is 0 Å². The van der Waals surface area contributed by atoms with Gasteiger partial charge in [-0.3, -0.25) is 4.79 Å². The van der Waals surface area contributed by atoms with Gasteiger partial charge in [-0.2, -0.15) is 0 Å². The molecule has 20 heavy (non-hydrogen) atoms.